The molecule has 8 heteroatoms. The van der Waals surface area contributed by atoms with Gasteiger partial charge in [-0.3, -0.25) is 4.79 Å². The first-order valence-electron chi connectivity index (χ1n) is 7.74. The first kappa shape index (κ1) is 20.0. The summed E-state index contributed by atoms with van der Waals surface area (Å²) < 4.78 is 46.8. The number of carbonyl (C=O) groups excluding carboxylic acids is 1. The fraction of sp³-hybridized carbons (Fsp3) is 0.278. The third-order valence-corrected chi connectivity index (χ3v) is 4.38. The number of rotatable bonds is 9. The van der Waals surface area contributed by atoms with Gasteiger partial charge in [-0.1, -0.05) is 6.07 Å². The molecule has 0 spiro atoms. The molecule has 0 atom stereocenters. The zero-order chi connectivity index (χ0) is 18.9. The highest BCUT2D eigenvalue weighted by atomic mass is 32.2. The van der Waals surface area contributed by atoms with E-state index in [9.17, 15) is 18.0 Å². The smallest absolute Gasteiger partial charge is 0.387 e. The molecule has 0 aliphatic carbocycles. The van der Waals surface area contributed by atoms with Crippen molar-refractivity contribution in [3.05, 3.63) is 53.8 Å². The predicted molar refractivity (Wildman–Crippen MR) is 93.5 cm³/mol. The molecule has 0 saturated heterocycles. The topological polar surface area (TPSA) is 47.6 Å². The summed E-state index contributed by atoms with van der Waals surface area (Å²) in [6, 6.07) is 10.6. The Balaban J connectivity index is 1.77. The van der Waals surface area contributed by atoms with E-state index in [-0.39, 0.29) is 29.0 Å². The van der Waals surface area contributed by atoms with Gasteiger partial charge >= 0.3 is 6.61 Å². The number of amides is 1. The van der Waals surface area contributed by atoms with Crippen molar-refractivity contribution < 1.29 is 27.4 Å². The molecule has 0 saturated carbocycles. The molecule has 0 aliphatic heterocycles. The molecule has 0 unspecified atom stereocenters. The molecule has 26 heavy (non-hydrogen) atoms. The number of methoxy groups -OCH3 is 1. The summed E-state index contributed by atoms with van der Waals surface area (Å²) in [5, 5.41) is 2.77. The second-order valence-corrected chi connectivity index (χ2v) is 6.26. The number of halogens is 3. The molecule has 0 heterocycles. The largest absolute Gasteiger partial charge is 0.493 e. The Morgan fingerprint density at radius 2 is 1.88 bits per heavy atom. The Morgan fingerprint density at radius 1 is 1.15 bits per heavy atom. The molecule has 0 fully saturated rings. The van der Waals surface area contributed by atoms with Gasteiger partial charge in [-0.05, 0) is 48.4 Å². The zero-order valence-corrected chi connectivity index (χ0v) is 14.8. The number of nitrogens with one attached hydrogen (secondary N) is 1. The Morgan fingerprint density at radius 3 is 2.54 bits per heavy atom. The fourth-order valence-electron chi connectivity index (χ4n) is 2.14. The Bertz CT molecular complexity index is 726. The van der Waals surface area contributed by atoms with Crippen molar-refractivity contribution in [3.8, 4) is 11.5 Å². The summed E-state index contributed by atoms with van der Waals surface area (Å²) in [5.74, 6) is -0.0778. The van der Waals surface area contributed by atoms with E-state index in [0.29, 0.717) is 13.0 Å². The molecule has 0 aliphatic rings. The van der Waals surface area contributed by atoms with Crippen LogP contribution in [0.25, 0.3) is 0 Å². The van der Waals surface area contributed by atoms with E-state index in [1.165, 1.54) is 37.1 Å². The van der Waals surface area contributed by atoms with Crippen molar-refractivity contribution in [3.63, 3.8) is 0 Å². The van der Waals surface area contributed by atoms with Crippen LogP contribution in [-0.4, -0.2) is 31.9 Å². The van der Waals surface area contributed by atoms with E-state index in [4.69, 9.17) is 4.74 Å². The molecule has 2 aromatic rings. The van der Waals surface area contributed by atoms with Crippen LogP contribution in [0.4, 0.5) is 13.2 Å². The normalized spacial score (nSPS) is 10.7. The average molecular weight is 385 g/mol. The van der Waals surface area contributed by atoms with Crippen molar-refractivity contribution in [1.29, 1.82) is 0 Å². The van der Waals surface area contributed by atoms with Crippen LogP contribution >= 0.6 is 11.8 Å². The van der Waals surface area contributed by atoms with Crippen molar-refractivity contribution in [1.82, 2.24) is 5.32 Å². The van der Waals surface area contributed by atoms with Crippen LogP contribution in [0.1, 0.15) is 5.56 Å². The maximum absolute atomic E-state index is 12.8. The van der Waals surface area contributed by atoms with Crippen LogP contribution in [0.5, 0.6) is 11.5 Å². The Kier molecular flexibility index (Phi) is 7.65. The first-order chi connectivity index (χ1) is 12.5. The molecular weight excluding hydrogens is 367 g/mol. The summed E-state index contributed by atoms with van der Waals surface area (Å²) >= 11 is 1.31. The standard InChI is InChI=1S/C18H18F3NO3S/c1-24-16-10-12(2-7-15(16)25-18(20)21)8-9-22-17(23)11-26-14-5-3-13(19)4-6-14/h2-7,10,18H,8-9,11H2,1H3,(H,22,23). The molecule has 140 valence electrons. The van der Waals surface area contributed by atoms with E-state index in [2.05, 4.69) is 10.1 Å². The molecule has 1 amide bonds. The minimum absolute atomic E-state index is 0.0361. The van der Waals surface area contributed by atoms with Gasteiger partial charge in [-0.15, -0.1) is 11.8 Å². The van der Waals surface area contributed by atoms with Crippen LogP contribution in [0.2, 0.25) is 0 Å². The summed E-state index contributed by atoms with van der Waals surface area (Å²) in [4.78, 5) is 12.6. The molecule has 4 nitrogen and oxygen atoms in total. The Labute approximate surface area is 153 Å². The van der Waals surface area contributed by atoms with E-state index in [0.717, 1.165) is 10.5 Å². The predicted octanol–water partition coefficient (Wildman–Crippen LogP) is 3.89. The third-order valence-electron chi connectivity index (χ3n) is 3.36. The Hall–Kier alpha value is -2.35. The lowest BCUT2D eigenvalue weighted by atomic mass is 10.1. The minimum Gasteiger partial charge on any atom is -0.493 e. The average Bonchev–Trinajstić information content (AvgIpc) is 2.62. The molecule has 2 aromatic carbocycles. The van der Waals surface area contributed by atoms with Gasteiger partial charge in [0.2, 0.25) is 5.91 Å². The summed E-state index contributed by atoms with van der Waals surface area (Å²) in [6.45, 7) is -2.53. The van der Waals surface area contributed by atoms with Gasteiger partial charge in [-0.2, -0.15) is 8.78 Å². The van der Waals surface area contributed by atoms with Crippen molar-refractivity contribution in [2.75, 3.05) is 19.4 Å². The second-order valence-electron chi connectivity index (χ2n) is 5.21. The van der Waals surface area contributed by atoms with E-state index in [1.54, 1.807) is 24.3 Å². The number of hydrogen-bond acceptors (Lipinski definition) is 4. The quantitative estimate of drug-likeness (QED) is 0.666. The number of carbonyl (C=O) groups is 1. The minimum atomic E-state index is -2.92. The van der Waals surface area contributed by atoms with Crippen LogP contribution in [0, 0.1) is 5.82 Å². The number of ether oxygens (including phenoxy) is 2. The fourth-order valence-corrected chi connectivity index (χ4v) is 2.87. The van der Waals surface area contributed by atoms with E-state index < -0.39 is 6.61 Å². The summed E-state index contributed by atoms with van der Waals surface area (Å²) in [6.07, 6.45) is 0.512. The third kappa shape index (κ3) is 6.51. The summed E-state index contributed by atoms with van der Waals surface area (Å²) in [7, 11) is 1.37. The van der Waals surface area contributed by atoms with Crippen LogP contribution < -0.4 is 14.8 Å². The monoisotopic (exact) mass is 385 g/mol. The van der Waals surface area contributed by atoms with Crippen molar-refractivity contribution >= 4 is 17.7 Å². The SMILES string of the molecule is COc1cc(CCNC(=O)CSc2ccc(F)cc2)ccc1OC(F)F. The lowest BCUT2D eigenvalue weighted by Gasteiger charge is -2.11. The number of benzene rings is 2. The molecule has 0 aromatic heterocycles. The van der Waals surface area contributed by atoms with Gasteiger partial charge in [0, 0.05) is 11.4 Å². The summed E-state index contributed by atoms with van der Waals surface area (Å²) in [5.41, 5.74) is 0.815. The highest BCUT2D eigenvalue weighted by molar-refractivity contribution is 8.00. The maximum atomic E-state index is 12.8. The van der Waals surface area contributed by atoms with E-state index >= 15 is 0 Å². The van der Waals surface area contributed by atoms with Crippen LogP contribution in [0.15, 0.2) is 47.4 Å². The molecule has 2 rings (SSSR count). The highest BCUT2D eigenvalue weighted by Gasteiger charge is 2.11. The van der Waals surface area contributed by atoms with Gasteiger partial charge in [0.05, 0.1) is 12.9 Å². The number of thioether (sulfide) groups is 1. The second kappa shape index (κ2) is 9.96. The van der Waals surface area contributed by atoms with Crippen LogP contribution in [-0.2, 0) is 11.2 Å². The highest BCUT2D eigenvalue weighted by Crippen LogP contribution is 2.29. The van der Waals surface area contributed by atoms with Gasteiger partial charge in [0.25, 0.3) is 0 Å². The lowest BCUT2D eigenvalue weighted by Crippen LogP contribution is -2.27. The number of alkyl halides is 2. The van der Waals surface area contributed by atoms with Gasteiger partial charge in [0.1, 0.15) is 5.82 Å². The van der Waals surface area contributed by atoms with Crippen molar-refractivity contribution in [2.24, 2.45) is 0 Å². The van der Waals surface area contributed by atoms with Crippen molar-refractivity contribution in [2.45, 2.75) is 17.9 Å². The van der Waals surface area contributed by atoms with Crippen LogP contribution in [0.3, 0.4) is 0 Å². The lowest BCUT2D eigenvalue weighted by molar-refractivity contribution is -0.118. The first-order valence-corrected chi connectivity index (χ1v) is 8.73. The van der Waals surface area contributed by atoms with Gasteiger partial charge < -0.3 is 14.8 Å². The van der Waals surface area contributed by atoms with Gasteiger partial charge in [0.15, 0.2) is 11.5 Å². The molecule has 0 bridgehead atoms. The molecular formula is C18H18F3NO3S. The van der Waals surface area contributed by atoms with Gasteiger partial charge in [-0.25, -0.2) is 4.39 Å². The maximum Gasteiger partial charge on any atom is 0.387 e. The zero-order valence-electron chi connectivity index (χ0n) is 14.0. The van der Waals surface area contributed by atoms with E-state index in [1.807, 2.05) is 0 Å². The molecule has 0 radical (unpaired) electrons. The molecule has 1 N–H and O–H groups in total. The number of hydrogen-bond donors (Lipinski definition) is 1.